The number of hydrogen-bond acceptors (Lipinski definition) is 3. The van der Waals surface area contributed by atoms with Crippen molar-refractivity contribution in [1.29, 1.82) is 0 Å². The van der Waals surface area contributed by atoms with Crippen LogP contribution in [0.5, 0.6) is 11.5 Å². The van der Waals surface area contributed by atoms with Gasteiger partial charge in [0.25, 0.3) is 0 Å². The third-order valence-electron chi connectivity index (χ3n) is 4.09. The fraction of sp³-hybridized carbons (Fsp3) is 0.278. The number of carbonyl (C=O) groups excluding carboxylic acids is 1. The molecular formula is C18H18O3. The van der Waals surface area contributed by atoms with E-state index >= 15 is 0 Å². The molecule has 0 spiro atoms. The van der Waals surface area contributed by atoms with Gasteiger partial charge in [-0.25, -0.2) is 0 Å². The van der Waals surface area contributed by atoms with Gasteiger partial charge >= 0.3 is 0 Å². The van der Waals surface area contributed by atoms with Crippen LogP contribution in [-0.2, 0) is 6.42 Å². The molecule has 21 heavy (non-hydrogen) atoms. The van der Waals surface area contributed by atoms with Crippen molar-refractivity contribution in [3.05, 3.63) is 59.2 Å². The average Bonchev–Trinajstić information content (AvgIpc) is 2.55. The van der Waals surface area contributed by atoms with Gasteiger partial charge < -0.3 is 9.47 Å². The second kappa shape index (κ2) is 5.60. The van der Waals surface area contributed by atoms with Crippen molar-refractivity contribution in [2.75, 3.05) is 14.2 Å². The van der Waals surface area contributed by atoms with Gasteiger partial charge in [0.15, 0.2) is 5.78 Å². The summed E-state index contributed by atoms with van der Waals surface area (Å²) in [6.07, 6.45) is 1.71. The van der Waals surface area contributed by atoms with Gasteiger partial charge in [0.2, 0.25) is 0 Å². The highest BCUT2D eigenvalue weighted by atomic mass is 16.5. The van der Waals surface area contributed by atoms with Gasteiger partial charge in [0, 0.05) is 11.5 Å². The van der Waals surface area contributed by atoms with E-state index in [1.54, 1.807) is 14.2 Å². The van der Waals surface area contributed by atoms with E-state index in [1.165, 1.54) is 0 Å². The maximum atomic E-state index is 12.7. The summed E-state index contributed by atoms with van der Waals surface area (Å²) >= 11 is 0. The first-order valence-electron chi connectivity index (χ1n) is 7.08. The average molecular weight is 282 g/mol. The molecule has 1 aliphatic carbocycles. The van der Waals surface area contributed by atoms with Gasteiger partial charge in [-0.05, 0) is 54.3 Å². The fourth-order valence-corrected chi connectivity index (χ4v) is 2.94. The molecule has 0 fully saturated rings. The summed E-state index contributed by atoms with van der Waals surface area (Å²) in [4.78, 5) is 12.7. The number of rotatable bonds is 3. The summed E-state index contributed by atoms with van der Waals surface area (Å²) < 4.78 is 10.5. The zero-order chi connectivity index (χ0) is 14.8. The molecule has 0 radical (unpaired) electrons. The van der Waals surface area contributed by atoms with Crippen molar-refractivity contribution in [2.45, 2.75) is 18.8 Å². The lowest BCUT2D eigenvalue weighted by molar-refractivity contribution is 0.0946. The number of fused-ring (bicyclic) bond motifs is 1. The maximum Gasteiger partial charge on any atom is 0.170 e. The van der Waals surface area contributed by atoms with Crippen molar-refractivity contribution in [3.8, 4) is 11.5 Å². The van der Waals surface area contributed by atoms with Gasteiger partial charge in [-0.3, -0.25) is 4.79 Å². The fourth-order valence-electron chi connectivity index (χ4n) is 2.94. The van der Waals surface area contributed by atoms with E-state index < -0.39 is 0 Å². The maximum absolute atomic E-state index is 12.7. The van der Waals surface area contributed by atoms with Gasteiger partial charge in [0.1, 0.15) is 11.5 Å². The minimum absolute atomic E-state index is 0.0824. The van der Waals surface area contributed by atoms with Crippen molar-refractivity contribution in [1.82, 2.24) is 0 Å². The number of benzene rings is 2. The summed E-state index contributed by atoms with van der Waals surface area (Å²) in [7, 11) is 3.29. The minimum atomic E-state index is -0.0824. The Bertz CT molecular complexity index is 676. The first-order chi connectivity index (χ1) is 10.2. The van der Waals surface area contributed by atoms with Crippen molar-refractivity contribution < 1.29 is 14.3 Å². The molecule has 3 heteroatoms. The molecule has 3 nitrogen and oxygen atoms in total. The standard InChI is InChI=1S/C18H18O3/c1-20-14-5-3-4-12(10-14)16-8-6-13-11-15(21-2)7-9-17(13)18(16)19/h3-5,7,9-11,16H,6,8H2,1-2H3/t16-/m0/s1. The highest BCUT2D eigenvalue weighted by Gasteiger charge is 2.29. The minimum Gasteiger partial charge on any atom is -0.497 e. The molecule has 0 bridgehead atoms. The Morgan fingerprint density at radius 2 is 1.76 bits per heavy atom. The first kappa shape index (κ1) is 13.7. The van der Waals surface area contributed by atoms with E-state index in [1.807, 2.05) is 42.5 Å². The van der Waals surface area contributed by atoms with E-state index in [9.17, 15) is 4.79 Å². The largest absolute Gasteiger partial charge is 0.497 e. The Morgan fingerprint density at radius 3 is 2.52 bits per heavy atom. The summed E-state index contributed by atoms with van der Waals surface area (Å²) in [6.45, 7) is 0. The molecule has 0 heterocycles. The summed E-state index contributed by atoms with van der Waals surface area (Å²) in [5.74, 6) is 1.70. The molecule has 0 unspecified atom stereocenters. The number of ketones is 1. The number of ether oxygens (including phenoxy) is 2. The predicted octanol–water partition coefficient (Wildman–Crippen LogP) is 3.62. The van der Waals surface area contributed by atoms with Gasteiger partial charge in [-0.15, -0.1) is 0 Å². The number of methoxy groups -OCH3 is 2. The number of aryl methyl sites for hydroxylation is 1. The molecule has 0 amide bonds. The second-order valence-corrected chi connectivity index (χ2v) is 5.26. The van der Waals surface area contributed by atoms with Gasteiger partial charge in [-0.1, -0.05) is 12.1 Å². The van der Waals surface area contributed by atoms with Crippen LogP contribution < -0.4 is 9.47 Å². The monoisotopic (exact) mass is 282 g/mol. The van der Waals surface area contributed by atoms with Crippen LogP contribution in [0.4, 0.5) is 0 Å². The lowest BCUT2D eigenvalue weighted by atomic mass is 9.79. The Morgan fingerprint density at radius 1 is 1.00 bits per heavy atom. The van der Waals surface area contributed by atoms with E-state index in [4.69, 9.17) is 9.47 Å². The highest BCUT2D eigenvalue weighted by molar-refractivity contribution is 6.03. The SMILES string of the molecule is COc1cccc([C@@H]2CCc3cc(OC)ccc3C2=O)c1. The molecule has 0 N–H and O–H groups in total. The molecule has 2 aromatic carbocycles. The van der Waals surface area contributed by atoms with Gasteiger partial charge in [0.05, 0.1) is 14.2 Å². The molecule has 1 aliphatic rings. The highest BCUT2D eigenvalue weighted by Crippen LogP contribution is 2.35. The molecule has 1 atom stereocenters. The van der Waals surface area contributed by atoms with E-state index in [2.05, 4.69) is 0 Å². The lowest BCUT2D eigenvalue weighted by Crippen LogP contribution is -2.21. The van der Waals surface area contributed by atoms with Gasteiger partial charge in [-0.2, -0.15) is 0 Å². The molecule has 0 saturated carbocycles. The Kier molecular flexibility index (Phi) is 3.65. The van der Waals surface area contributed by atoms with E-state index in [0.29, 0.717) is 0 Å². The molecule has 0 aliphatic heterocycles. The summed E-state index contributed by atoms with van der Waals surface area (Å²) in [5.41, 5.74) is 2.93. The Labute approximate surface area is 124 Å². The van der Waals surface area contributed by atoms with Crippen LogP contribution in [0, 0.1) is 0 Å². The molecule has 2 aromatic rings. The number of Topliss-reactive ketones (excluding diaryl/α,β-unsaturated/α-hetero) is 1. The number of carbonyl (C=O) groups is 1. The van der Waals surface area contributed by atoms with Crippen LogP contribution in [0.15, 0.2) is 42.5 Å². The number of hydrogen-bond donors (Lipinski definition) is 0. The molecular weight excluding hydrogens is 264 g/mol. The predicted molar refractivity (Wildman–Crippen MR) is 81.4 cm³/mol. The smallest absolute Gasteiger partial charge is 0.170 e. The Balaban J connectivity index is 1.94. The molecule has 0 aromatic heterocycles. The van der Waals surface area contributed by atoms with Crippen LogP contribution in [-0.4, -0.2) is 20.0 Å². The second-order valence-electron chi connectivity index (χ2n) is 5.26. The van der Waals surface area contributed by atoms with Crippen LogP contribution in [0.1, 0.15) is 33.8 Å². The normalized spacial score (nSPS) is 17.2. The van der Waals surface area contributed by atoms with E-state index in [-0.39, 0.29) is 11.7 Å². The van der Waals surface area contributed by atoms with E-state index in [0.717, 1.165) is 41.0 Å². The zero-order valence-electron chi connectivity index (χ0n) is 12.3. The Hall–Kier alpha value is -2.29. The van der Waals surface area contributed by atoms with Crippen molar-refractivity contribution in [3.63, 3.8) is 0 Å². The lowest BCUT2D eigenvalue weighted by Gasteiger charge is -2.24. The topological polar surface area (TPSA) is 35.5 Å². The molecule has 108 valence electrons. The van der Waals surface area contributed by atoms with Crippen molar-refractivity contribution >= 4 is 5.78 Å². The zero-order valence-corrected chi connectivity index (χ0v) is 12.3. The van der Waals surface area contributed by atoms with Crippen LogP contribution >= 0.6 is 0 Å². The van der Waals surface area contributed by atoms with Crippen molar-refractivity contribution in [2.24, 2.45) is 0 Å². The third kappa shape index (κ3) is 2.51. The van der Waals surface area contributed by atoms with Crippen LogP contribution in [0.25, 0.3) is 0 Å². The summed E-state index contributed by atoms with van der Waals surface area (Å²) in [5, 5.41) is 0. The quantitative estimate of drug-likeness (QED) is 0.862. The first-order valence-corrected chi connectivity index (χ1v) is 7.08. The third-order valence-corrected chi connectivity index (χ3v) is 4.09. The molecule has 3 rings (SSSR count). The van der Waals surface area contributed by atoms with Crippen LogP contribution in [0.3, 0.4) is 0 Å². The summed E-state index contributed by atoms with van der Waals surface area (Å²) in [6, 6.07) is 13.5. The molecule has 0 saturated heterocycles. The van der Waals surface area contributed by atoms with Crippen LogP contribution in [0.2, 0.25) is 0 Å².